The first kappa shape index (κ1) is 7.13. The number of hydrogen-bond donors (Lipinski definition) is 0. The topological polar surface area (TPSA) is 26.0 Å². The third-order valence-electron chi connectivity index (χ3n) is 2.93. The molecule has 2 nitrogen and oxygen atoms in total. The van der Waals surface area contributed by atoms with Crippen molar-refractivity contribution in [3.63, 3.8) is 0 Å². The molecule has 66 valence electrons. The lowest BCUT2D eigenvalue weighted by Gasteiger charge is -2.25. The Kier molecular flexibility index (Phi) is 1.42. The molecule has 1 fully saturated rings. The van der Waals surface area contributed by atoms with Gasteiger partial charge in [-0.05, 0) is 36.5 Å². The van der Waals surface area contributed by atoms with E-state index in [1.165, 1.54) is 31.2 Å². The van der Waals surface area contributed by atoms with Crippen LogP contribution in [0.4, 0.5) is 0 Å². The molecule has 0 N–H and O–H groups in total. The van der Waals surface area contributed by atoms with Crippen LogP contribution in [0.25, 0.3) is 11.1 Å². The van der Waals surface area contributed by atoms with E-state index in [1.54, 1.807) is 0 Å². The van der Waals surface area contributed by atoms with Gasteiger partial charge < -0.3 is 4.42 Å². The fraction of sp³-hybridized carbons (Fsp3) is 0.364. The van der Waals surface area contributed by atoms with E-state index in [2.05, 4.69) is 17.1 Å². The summed E-state index contributed by atoms with van der Waals surface area (Å²) in [4.78, 5) is 4.15. The van der Waals surface area contributed by atoms with Crippen LogP contribution in [0.2, 0.25) is 0 Å². The third kappa shape index (κ3) is 1.05. The van der Waals surface area contributed by atoms with Crippen molar-refractivity contribution in [2.24, 2.45) is 0 Å². The van der Waals surface area contributed by atoms with Crippen molar-refractivity contribution in [2.45, 2.75) is 25.2 Å². The van der Waals surface area contributed by atoms with Gasteiger partial charge in [-0.1, -0.05) is 12.5 Å². The van der Waals surface area contributed by atoms with E-state index in [9.17, 15) is 0 Å². The van der Waals surface area contributed by atoms with Gasteiger partial charge in [-0.15, -0.1) is 0 Å². The number of rotatable bonds is 1. The molecular formula is C11H11NO. The van der Waals surface area contributed by atoms with E-state index in [-0.39, 0.29) is 0 Å². The Balaban J connectivity index is 2.09. The van der Waals surface area contributed by atoms with Crippen molar-refractivity contribution < 1.29 is 4.42 Å². The highest BCUT2D eigenvalue weighted by Crippen LogP contribution is 2.37. The second-order valence-corrected chi connectivity index (χ2v) is 3.71. The summed E-state index contributed by atoms with van der Waals surface area (Å²) in [7, 11) is 0. The maximum Gasteiger partial charge on any atom is 0.181 e. The first-order valence-corrected chi connectivity index (χ1v) is 4.76. The lowest BCUT2D eigenvalue weighted by atomic mass is 9.80. The quantitative estimate of drug-likeness (QED) is 0.662. The molecule has 13 heavy (non-hydrogen) atoms. The van der Waals surface area contributed by atoms with E-state index in [0.717, 1.165) is 17.0 Å². The molecule has 2 aromatic rings. The fourth-order valence-electron chi connectivity index (χ4n) is 1.87. The Bertz CT molecular complexity index is 428. The minimum atomic E-state index is 0.779. The van der Waals surface area contributed by atoms with Gasteiger partial charge in [0.2, 0.25) is 0 Å². The van der Waals surface area contributed by atoms with E-state index in [1.807, 2.05) is 6.07 Å². The highest BCUT2D eigenvalue weighted by Gasteiger charge is 2.19. The Labute approximate surface area is 76.6 Å². The van der Waals surface area contributed by atoms with Crippen LogP contribution in [0.3, 0.4) is 0 Å². The minimum Gasteiger partial charge on any atom is -0.443 e. The number of nitrogens with zero attached hydrogens (tertiary/aromatic N) is 1. The number of aromatic nitrogens is 1. The molecule has 0 aliphatic heterocycles. The highest BCUT2D eigenvalue weighted by atomic mass is 16.3. The van der Waals surface area contributed by atoms with Crippen molar-refractivity contribution in [1.29, 1.82) is 0 Å². The van der Waals surface area contributed by atoms with Crippen LogP contribution in [0.5, 0.6) is 0 Å². The van der Waals surface area contributed by atoms with Gasteiger partial charge in [0.25, 0.3) is 0 Å². The normalized spacial score (nSPS) is 17.5. The smallest absolute Gasteiger partial charge is 0.181 e. The Morgan fingerprint density at radius 1 is 1.31 bits per heavy atom. The molecule has 0 saturated heterocycles. The van der Waals surface area contributed by atoms with Gasteiger partial charge in [0.15, 0.2) is 12.0 Å². The van der Waals surface area contributed by atoms with Crippen LogP contribution in [0, 0.1) is 0 Å². The molecule has 1 saturated carbocycles. The van der Waals surface area contributed by atoms with E-state index in [0.29, 0.717) is 0 Å². The van der Waals surface area contributed by atoms with Crippen LogP contribution in [0.15, 0.2) is 29.0 Å². The first-order valence-electron chi connectivity index (χ1n) is 4.76. The van der Waals surface area contributed by atoms with E-state index < -0.39 is 0 Å². The van der Waals surface area contributed by atoms with Gasteiger partial charge in [0.05, 0.1) is 0 Å². The predicted octanol–water partition coefficient (Wildman–Crippen LogP) is 3.10. The van der Waals surface area contributed by atoms with Crippen LogP contribution in [-0.4, -0.2) is 4.98 Å². The van der Waals surface area contributed by atoms with Gasteiger partial charge in [-0.25, -0.2) is 4.98 Å². The zero-order chi connectivity index (χ0) is 8.67. The number of benzene rings is 1. The molecule has 0 amide bonds. The lowest BCUT2D eigenvalue weighted by molar-refractivity contribution is 0.420. The summed E-state index contributed by atoms with van der Waals surface area (Å²) in [6.45, 7) is 0. The SMILES string of the molecule is c1nc2cc(C3CCC3)ccc2o1. The van der Waals surface area contributed by atoms with E-state index in [4.69, 9.17) is 4.42 Å². The maximum atomic E-state index is 5.19. The van der Waals surface area contributed by atoms with Gasteiger partial charge in [0, 0.05) is 0 Å². The van der Waals surface area contributed by atoms with Crippen molar-refractivity contribution in [2.75, 3.05) is 0 Å². The monoisotopic (exact) mass is 173 g/mol. The third-order valence-corrected chi connectivity index (χ3v) is 2.93. The second-order valence-electron chi connectivity index (χ2n) is 3.71. The number of fused-ring (bicyclic) bond motifs is 1. The van der Waals surface area contributed by atoms with Gasteiger partial charge in [-0.3, -0.25) is 0 Å². The van der Waals surface area contributed by atoms with Crippen LogP contribution < -0.4 is 0 Å². The molecule has 0 unspecified atom stereocenters. The molecule has 2 heteroatoms. The number of hydrogen-bond acceptors (Lipinski definition) is 2. The Hall–Kier alpha value is -1.31. The molecule has 1 aliphatic carbocycles. The summed E-state index contributed by atoms with van der Waals surface area (Å²) in [6.07, 6.45) is 5.56. The van der Waals surface area contributed by atoms with Crippen molar-refractivity contribution in [1.82, 2.24) is 4.98 Å². The van der Waals surface area contributed by atoms with Gasteiger partial charge in [-0.2, -0.15) is 0 Å². The van der Waals surface area contributed by atoms with Gasteiger partial charge >= 0.3 is 0 Å². The first-order chi connectivity index (χ1) is 6.43. The minimum absolute atomic E-state index is 0.779. The summed E-state index contributed by atoms with van der Waals surface area (Å²) in [6, 6.07) is 6.34. The molecule has 0 spiro atoms. The van der Waals surface area contributed by atoms with E-state index >= 15 is 0 Å². The highest BCUT2D eigenvalue weighted by molar-refractivity contribution is 5.73. The summed E-state index contributed by atoms with van der Waals surface area (Å²) >= 11 is 0. The molecule has 3 rings (SSSR count). The summed E-state index contributed by atoms with van der Waals surface area (Å²) in [5.41, 5.74) is 3.31. The van der Waals surface area contributed by atoms with Crippen LogP contribution in [0.1, 0.15) is 30.7 Å². The van der Waals surface area contributed by atoms with Crippen LogP contribution in [-0.2, 0) is 0 Å². The standard InChI is InChI=1S/C11H11NO/c1-2-8(3-1)9-4-5-11-10(6-9)12-7-13-11/h4-8H,1-3H2. The molecule has 1 aromatic carbocycles. The fourth-order valence-corrected chi connectivity index (χ4v) is 1.87. The molecular weight excluding hydrogens is 162 g/mol. The van der Waals surface area contributed by atoms with Crippen LogP contribution >= 0.6 is 0 Å². The molecule has 0 radical (unpaired) electrons. The lowest BCUT2D eigenvalue weighted by Crippen LogP contribution is -2.08. The van der Waals surface area contributed by atoms with Gasteiger partial charge in [0.1, 0.15) is 5.52 Å². The zero-order valence-electron chi connectivity index (χ0n) is 7.36. The summed E-state index contributed by atoms with van der Waals surface area (Å²) < 4.78 is 5.19. The molecule has 0 atom stereocenters. The largest absolute Gasteiger partial charge is 0.443 e. The Morgan fingerprint density at radius 2 is 2.23 bits per heavy atom. The van der Waals surface area contributed by atoms with Crippen molar-refractivity contribution in [3.8, 4) is 0 Å². The molecule has 1 heterocycles. The predicted molar refractivity (Wildman–Crippen MR) is 50.6 cm³/mol. The Morgan fingerprint density at radius 3 is 3.00 bits per heavy atom. The summed E-state index contributed by atoms with van der Waals surface area (Å²) in [5.74, 6) is 0.779. The molecule has 1 aliphatic rings. The van der Waals surface area contributed by atoms with Crippen molar-refractivity contribution >= 4 is 11.1 Å². The van der Waals surface area contributed by atoms with Crippen molar-refractivity contribution in [3.05, 3.63) is 30.2 Å². The summed E-state index contributed by atoms with van der Waals surface area (Å²) in [5, 5.41) is 0. The number of oxazole rings is 1. The average molecular weight is 173 g/mol. The molecule has 0 bridgehead atoms. The second kappa shape index (κ2) is 2.59. The average Bonchev–Trinajstić information content (AvgIpc) is 2.47. The maximum absolute atomic E-state index is 5.19. The zero-order valence-corrected chi connectivity index (χ0v) is 7.36. The molecule has 1 aromatic heterocycles.